The van der Waals surface area contributed by atoms with Crippen LogP contribution in [0, 0.1) is 0 Å². The summed E-state index contributed by atoms with van der Waals surface area (Å²) in [5, 5.41) is 17.1. The third-order valence-corrected chi connectivity index (χ3v) is 3.91. The van der Waals surface area contributed by atoms with Crippen molar-refractivity contribution in [1.29, 1.82) is 0 Å². The molecular weight excluding hydrogens is 288 g/mol. The number of methoxy groups -OCH3 is 1. The Morgan fingerprint density at radius 1 is 1.29 bits per heavy atom. The highest BCUT2D eigenvalue weighted by molar-refractivity contribution is 7.10. The summed E-state index contributed by atoms with van der Waals surface area (Å²) < 4.78 is 5.07. The molecule has 1 aromatic heterocycles. The normalized spacial score (nSPS) is 11.7. The molecular formula is C15H18N2O3S. The highest BCUT2D eigenvalue weighted by Gasteiger charge is 2.09. The number of ether oxygens (including phenoxy) is 1. The molecule has 0 radical (unpaired) electrons. The highest BCUT2D eigenvalue weighted by Crippen LogP contribution is 2.17. The Labute approximate surface area is 127 Å². The summed E-state index contributed by atoms with van der Waals surface area (Å²) in [7, 11) is 1.61. The number of hydrogen-bond donors (Lipinski definition) is 3. The van der Waals surface area contributed by atoms with Gasteiger partial charge in [0.15, 0.2) is 0 Å². The lowest BCUT2D eigenvalue weighted by molar-refractivity contribution is 0.176. The predicted molar refractivity (Wildman–Crippen MR) is 82.5 cm³/mol. The molecule has 2 aromatic rings. The summed E-state index contributed by atoms with van der Waals surface area (Å²) in [6.07, 6.45) is -0.670. The van der Waals surface area contributed by atoms with Crippen molar-refractivity contribution in [2.75, 3.05) is 13.7 Å². The summed E-state index contributed by atoms with van der Waals surface area (Å²) in [4.78, 5) is 12.5. The van der Waals surface area contributed by atoms with Crippen molar-refractivity contribution >= 4 is 17.4 Å². The first-order valence-corrected chi connectivity index (χ1v) is 7.43. The number of nitrogens with one attached hydrogen (secondary N) is 2. The summed E-state index contributed by atoms with van der Waals surface area (Å²) in [6.45, 7) is 0.611. The SMILES string of the molecule is COc1ccc(CNC(=O)NCC(O)c2cccs2)cc1. The van der Waals surface area contributed by atoms with Crippen molar-refractivity contribution in [2.24, 2.45) is 0 Å². The Morgan fingerprint density at radius 2 is 2.05 bits per heavy atom. The molecule has 5 nitrogen and oxygen atoms in total. The van der Waals surface area contributed by atoms with Gasteiger partial charge in [0.2, 0.25) is 0 Å². The molecule has 0 saturated heterocycles. The molecule has 2 amide bonds. The fraction of sp³-hybridized carbons (Fsp3) is 0.267. The van der Waals surface area contributed by atoms with Gasteiger partial charge in [-0.2, -0.15) is 0 Å². The van der Waals surface area contributed by atoms with Gasteiger partial charge in [-0.05, 0) is 29.1 Å². The minimum Gasteiger partial charge on any atom is -0.497 e. The average Bonchev–Trinajstić information content (AvgIpc) is 3.05. The largest absolute Gasteiger partial charge is 0.497 e. The molecule has 0 fully saturated rings. The van der Waals surface area contributed by atoms with E-state index in [2.05, 4.69) is 10.6 Å². The number of aliphatic hydroxyl groups excluding tert-OH is 1. The quantitative estimate of drug-likeness (QED) is 0.767. The molecule has 2 rings (SSSR count). The topological polar surface area (TPSA) is 70.6 Å². The first-order chi connectivity index (χ1) is 10.2. The van der Waals surface area contributed by atoms with Crippen LogP contribution >= 0.6 is 11.3 Å². The molecule has 21 heavy (non-hydrogen) atoms. The van der Waals surface area contributed by atoms with Gasteiger partial charge in [0.05, 0.1) is 13.7 Å². The van der Waals surface area contributed by atoms with Crippen molar-refractivity contribution in [1.82, 2.24) is 10.6 Å². The van der Waals surface area contributed by atoms with Gasteiger partial charge in [-0.1, -0.05) is 18.2 Å². The molecule has 0 saturated carbocycles. The van der Waals surface area contributed by atoms with E-state index in [4.69, 9.17) is 4.74 Å². The molecule has 112 valence electrons. The van der Waals surface area contributed by atoms with Crippen molar-refractivity contribution in [2.45, 2.75) is 12.6 Å². The van der Waals surface area contributed by atoms with Gasteiger partial charge in [-0.25, -0.2) is 4.79 Å². The number of carbonyl (C=O) groups is 1. The Hall–Kier alpha value is -2.05. The third kappa shape index (κ3) is 4.77. The van der Waals surface area contributed by atoms with Crippen LogP contribution in [-0.2, 0) is 6.54 Å². The zero-order valence-corrected chi connectivity index (χ0v) is 12.5. The van der Waals surface area contributed by atoms with Crippen LogP contribution in [0.4, 0.5) is 4.79 Å². The number of thiophene rings is 1. The lowest BCUT2D eigenvalue weighted by atomic mass is 10.2. The van der Waals surface area contributed by atoms with E-state index in [0.717, 1.165) is 16.2 Å². The number of amides is 2. The van der Waals surface area contributed by atoms with E-state index in [1.807, 2.05) is 41.8 Å². The van der Waals surface area contributed by atoms with Gasteiger partial charge in [0.25, 0.3) is 0 Å². The molecule has 0 bridgehead atoms. The number of aliphatic hydroxyl groups is 1. The Balaban J connectivity index is 1.71. The van der Waals surface area contributed by atoms with Gasteiger partial charge >= 0.3 is 6.03 Å². The van der Waals surface area contributed by atoms with Gasteiger partial charge in [0, 0.05) is 11.4 Å². The van der Waals surface area contributed by atoms with Gasteiger partial charge < -0.3 is 20.5 Å². The summed E-state index contributed by atoms with van der Waals surface area (Å²) in [6, 6.07) is 10.9. The van der Waals surface area contributed by atoms with Crippen LogP contribution in [0.15, 0.2) is 41.8 Å². The van der Waals surface area contributed by atoms with Crippen LogP contribution < -0.4 is 15.4 Å². The Kier molecular flexibility index (Phi) is 5.59. The standard InChI is InChI=1S/C15H18N2O3S/c1-20-12-6-4-11(5-7-12)9-16-15(19)17-10-13(18)14-3-2-8-21-14/h2-8,13,18H,9-10H2,1H3,(H2,16,17,19). The van der Waals surface area contributed by atoms with Crippen molar-refractivity contribution < 1.29 is 14.6 Å². The second kappa shape index (κ2) is 7.66. The number of hydrogen-bond acceptors (Lipinski definition) is 4. The van der Waals surface area contributed by atoms with E-state index < -0.39 is 6.10 Å². The minimum atomic E-state index is -0.670. The van der Waals surface area contributed by atoms with Crippen LogP contribution in [0.2, 0.25) is 0 Å². The predicted octanol–water partition coefficient (Wildman–Crippen LogP) is 2.29. The van der Waals surface area contributed by atoms with E-state index in [1.165, 1.54) is 11.3 Å². The van der Waals surface area contributed by atoms with Crippen molar-refractivity contribution in [3.8, 4) is 5.75 Å². The molecule has 1 aromatic carbocycles. The number of urea groups is 1. The zero-order valence-electron chi connectivity index (χ0n) is 11.7. The molecule has 1 unspecified atom stereocenters. The van der Waals surface area contributed by atoms with E-state index in [-0.39, 0.29) is 12.6 Å². The van der Waals surface area contributed by atoms with E-state index in [0.29, 0.717) is 6.54 Å². The molecule has 3 N–H and O–H groups in total. The van der Waals surface area contributed by atoms with Crippen LogP contribution in [0.25, 0.3) is 0 Å². The fourth-order valence-corrected chi connectivity index (χ4v) is 2.47. The number of carbonyl (C=O) groups excluding carboxylic acids is 1. The van der Waals surface area contributed by atoms with Crippen molar-refractivity contribution in [3.63, 3.8) is 0 Å². The summed E-state index contributed by atoms with van der Waals surface area (Å²) in [5.41, 5.74) is 0.977. The molecule has 0 aliphatic heterocycles. The molecule has 0 aliphatic carbocycles. The first-order valence-electron chi connectivity index (χ1n) is 6.55. The highest BCUT2D eigenvalue weighted by atomic mass is 32.1. The molecule has 0 aliphatic rings. The maximum Gasteiger partial charge on any atom is 0.315 e. The summed E-state index contributed by atoms with van der Waals surface area (Å²) in [5.74, 6) is 0.780. The maximum absolute atomic E-state index is 11.7. The second-order valence-electron chi connectivity index (χ2n) is 4.44. The van der Waals surface area contributed by atoms with E-state index in [9.17, 15) is 9.90 Å². The maximum atomic E-state index is 11.7. The van der Waals surface area contributed by atoms with Gasteiger partial charge in [-0.3, -0.25) is 0 Å². The molecule has 0 spiro atoms. The monoisotopic (exact) mass is 306 g/mol. The van der Waals surface area contributed by atoms with Crippen molar-refractivity contribution in [3.05, 3.63) is 52.2 Å². The Morgan fingerprint density at radius 3 is 2.67 bits per heavy atom. The van der Waals surface area contributed by atoms with Crippen LogP contribution in [-0.4, -0.2) is 24.8 Å². The molecule has 1 atom stereocenters. The summed E-state index contributed by atoms with van der Waals surface area (Å²) >= 11 is 1.46. The first kappa shape index (κ1) is 15.3. The molecule has 6 heteroatoms. The average molecular weight is 306 g/mol. The zero-order chi connectivity index (χ0) is 15.1. The third-order valence-electron chi connectivity index (χ3n) is 2.94. The van der Waals surface area contributed by atoms with Crippen LogP contribution in [0.3, 0.4) is 0 Å². The Bertz CT molecular complexity index is 555. The molecule has 1 heterocycles. The minimum absolute atomic E-state index is 0.189. The van der Waals surface area contributed by atoms with Crippen LogP contribution in [0.1, 0.15) is 16.5 Å². The van der Waals surface area contributed by atoms with Crippen LogP contribution in [0.5, 0.6) is 5.75 Å². The lowest BCUT2D eigenvalue weighted by Gasteiger charge is -2.11. The van der Waals surface area contributed by atoms with E-state index in [1.54, 1.807) is 7.11 Å². The van der Waals surface area contributed by atoms with E-state index >= 15 is 0 Å². The number of rotatable bonds is 6. The number of benzene rings is 1. The smallest absolute Gasteiger partial charge is 0.315 e. The second-order valence-corrected chi connectivity index (χ2v) is 5.42. The lowest BCUT2D eigenvalue weighted by Crippen LogP contribution is -2.37. The fourth-order valence-electron chi connectivity index (χ4n) is 1.76. The van der Waals surface area contributed by atoms with Gasteiger partial charge in [0.1, 0.15) is 11.9 Å². The van der Waals surface area contributed by atoms with Gasteiger partial charge in [-0.15, -0.1) is 11.3 Å².